The van der Waals surface area contributed by atoms with E-state index in [4.69, 9.17) is 10.5 Å². The molecule has 0 unspecified atom stereocenters. The van der Waals surface area contributed by atoms with E-state index in [0.717, 1.165) is 25.1 Å². The molecule has 1 aromatic carbocycles. The van der Waals surface area contributed by atoms with Crippen LogP contribution in [0.25, 0.3) is 0 Å². The topological polar surface area (TPSA) is 55.6 Å². The minimum atomic E-state index is -0.199. The van der Waals surface area contributed by atoms with E-state index in [0.29, 0.717) is 18.4 Å². The minimum absolute atomic E-state index is 0.199. The minimum Gasteiger partial charge on any atom is -0.445 e. The van der Waals surface area contributed by atoms with Crippen molar-refractivity contribution in [1.82, 2.24) is 4.90 Å². The standard InChI is InChI=1S/C16H22N2O2/c17-15-8-4-7-13-9-18(10-14(13)15)16(19)20-11-12-5-2-1-3-6-12/h1-3,5-6,13-15H,4,7-11,17H2/t13-,14+,15+/m0/s1. The Hall–Kier alpha value is -1.55. The van der Waals surface area contributed by atoms with Gasteiger partial charge < -0.3 is 15.4 Å². The molecular formula is C16H22N2O2. The van der Waals surface area contributed by atoms with Crippen LogP contribution in [-0.2, 0) is 11.3 Å². The van der Waals surface area contributed by atoms with Crippen LogP contribution >= 0.6 is 0 Å². The Labute approximate surface area is 119 Å². The van der Waals surface area contributed by atoms with Crippen LogP contribution in [0.2, 0.25) is 0 Å². The smallest absolute Gasteiger partial charge is 0.410 e. The molecule has 3 rings (SSSR count). The van der Waals surface area contributed by atoms with Crippen molar-refractivity contribution in [1.29, 1.82) is 0 Å². The average Bonchev–Trinajstić information content (AvgIpc) is 2.91. The van der Waals surface area contributed by atoms with Gasteiger partial charge >= 0.3 is 6.09 Å². The van der Waals surface area contributed by atoms with Gasteiger partial charge in [0.05, 0.1) is 0 Å². The average molecular weight is 274 g/mol. The third kappa shape index (κ3) is 2.80. The number of likely N-dealkylation sites (tertiary alicyclic amines) is 1. The maximum Gasteiger partial charge on any atom is 0.410 e. The van der Waals surface area contributed by atoms with Crippen molar-refractivity contribution in [3.05, 3.63) is 35.9 Å². The summed E-state index contributed by atoms with van der Waals surface area (Å²) in [6.07, 6.45) is 3.28. The second-order valence-electron chi connectivity index (χ2n) is 5.96. The first-order valence-corrected chi connectivity index (χ1v) is 7.45. The molecule has 3 atom stereocenters. The van der Waals surface area contributed by atoms with Gasteiger partial charge in [0.25, 0.3) is 0 Å². The van der Waals surface area contributed by atoms with Gasteiger partial charge in [0.1, 0.15) is 6.61 Å². The Balaban J connectivity index is 1.53. The van der Waals surface area contributed by atoms with Gasteiger partial charge in [-0.1, -0.05) is 36.8 Å². The van der Waals surface area contributed by atoms with Crippen molar-refractivity contribution in [2.45, 2.75) is 31.9 Å². The molecule has 0 radical (unpaired) electrons. The third-order valence-corrected chi connectivity index (χ3v) is 4.62. The molecule has 1 saturated heterocycles. The lowest BCUT2D eigenvalue weighted by Crippen LogP contribution is -2.38. The van der Waals surface area contributed by atoms with Crippen molar-refractivity contribution >= 4 is 6.09 Å². The second kappa shape index (κ2) is 5.83. The highest BCUT2D eigenvalue weighted by atomic mass is 16.6. The van der Waals surface area contributed by atoms with Crippen LogP contribution < -0.4 is 5.73 Å². The van der Waals surface area contributed by atoms with Crippen LogP contribution in [0.3, 0.4) is 0 Å². The van der Waals surface area contributed by atoms with Gasteiger partial charge in [0.2, 0.25) is 0 Å². The van der Waals surface area contributed by atoms with E-state index in [9.17, 15) is 4.79 Å². The summed E-state index contributed by atoms with van der Waals surface area (Å²) in [7, 11) is 0. The number of hydrogen-bond donors (Lipinski definition) is 1. The highest BCUT2D eigenvalue weighted by Gasteiger charge is 2.40. The molecule has 108 valence electrons. The van der Waals surface area contributed by atoms with Crippen molar-refractivity contribution in [3.63, 3.8) is 0 Å². The molecule has 1 aliphatic heterocycles. The lowest BCUT2D eigenvalue weighted by molar-refractivity contribution is 0.102. The van der Waals surface area contributed by atoms with E-state index in [1.54, 1.807) is 0 Å². The first-order chi connectivity index (χ1) is 9.74. The molecule has 0 bridgehead atoms. The van der Waals surface area contributed by atoms with E-state index in [1.165, 1.54) is 12.8 Å². The molecule has 1 aromatic rings. The summed E-state index contributed by atoms with van der Waals surface area (Å²) in [5.74, 6) is 1.04. The molecule has 4 nitrogen and oxygen atoms in total. The van der Waals surface area contributed by atoms with Crippen LogP contribution in [-0.4, -0.2) is 30.1 Å². The molecule has 1 aliphatic carbocycles. The number of nitrogens with zero attached hydrogens (tertiary/aromatic N) is 1. The first kappa shape index (κ1) is 13.4. The van der Waals surface area contributed by atoms with Crippen LogP contribution in [0, 0.1) is 11.8 Å². The molecule has 2 aliphatic rings. The zero-order valence-electron chi connectivity index (χ0n) is 11.7. The van der Waals surface area contributed by atoms with Gasteiger partial charge in [0.15, 0.2) is 0 Å². The Bertz CT molecular complexity index is 463. The normalized spacial score (nSPS) is 29.1. The third-order valence-electron chi connectivity index (χ3n) is 4.62. The number of benzene rings is 1. The monoisotopic (exact) mass is 274 g/mol. The molecule has 2 fully saturated rings. The summed E-state index contributed by atoms with van der Waals surface area (Å²) < 4.78 is 5.40. The van der Waals surface area contributed by atoms with Crippen molar-refractivity contribution in [3.8, 4) is 0 Å². The van der Waals surface area contributed by atoms with Crippen molar-refractivity contribution in [2.24, 2.45) is 17.6 Å². The van der Waals surface area contributed by atoms with Gasteiger partial charge in [-0.2, -0.15) is 0 Å². The van der Waals surface area contributed by atoms with Crippen molar-refractivity contribution in [2.75, 3.05) is 13.1 Å². The maximum atomic E-state index is 12.1. The maximum absolute atomic E-state index is 12.1. The Morgan fingerprint density at radius 2 is 2.05 bits per heavy atom. The van der Waals surface area contributed by atoms with Gasteiger partial charge in [0, 0.05) is 19.1 Å². The van der Waals surface area contributed by atoms with Gasteiger partial charge in [-0.25, -0.2) is 4.79 Å². The Morgan fingerprint density at radius 3 is 2.80 bits per heavy atom. The number of rotatable bonds is 2. The Kier molecular flexibility index (Phi) is 3.92. The molecule has 1 heterocycles. The predicted molar refractivity (Wildman–Crippen MR) is 77.0 cm³/mol. The zero-order chi connectivity index (χ0) is 13.9. The molecule has 20 heavy (non-hydrogen) atoms. The number of amides is 1. The molecule has 2 N–H and O–H groups in total. The fraction of sp³-hybridized carbons (Fsp3) is 0.562. The lowest BCUT2D eigenvalue weighted by Gasteiger charge is -2.29. The van der Waals surface area contributed by atoms with Crippen LogP contribution in [0.15, 0.2) is 30.3 Å². The van der Waals surface area contributed by atoms with E-state index >= 15 is 0 Å². The van der Waals surface area contributed by atoms with E-state index in [-0.39, 0.29) is 12.1 Å². The number of nitrogens with two attached hydrogens (primary N) is 1. The van der Waals surface area contributed by atoms with Crippen LogP contribution in [0.1, 0.15) is 24.8 Å². The second-order valence-corrected chi connectivity index (χ2v) is 5.96. The summed E-state index contributed by atoms with van der Waals surface area (Å²) in [5.41, 5.74) is 7.19. The van der Waals surface area contributed by atoms with Gasteiger partial charge in [-0.05, 0) is 30.2 Å². The summed E-state index contributed by atoms with van der Waals surface area (Å²) in [4.78, 5) is 14.0. The summed E-state index contributed by atoms with van der Waals surface area (Å²) in [6.45, 7) is 1.92. The Morgan fingerprint density at radius 1 is 1.25 bits per heavy atom. The number of fused-ring (bicyclic) bond motifs is 1. The SMILES string of the molecule is N[C@@H]1CCC[C@H]2CN(C(=O)OCc3ccccc3)C[C@H]21. The summed E-state index contributed by atoms with van der Waals surface area (Å²) in [6, 6.07) is 10.0. The van der Waals surface area contributed by atoms with Crippen LogP contribution in [0.4, 0.5) is 4.79 Å². The number of hydrogen-bond acceptors (Lipinski definition) is 3. The van der Waals surface area contributed by atoms with E-state index in [2.05, 4.69) is 0 Å². The molecular weight excluding hydrogens is 252 g/mol. The fourth-order valence-electron chi connectivity index (χ4n) is 3.48. The molecule has 0 aromatic heterocycles. The molecule has 0 spiro atoms. The highest BCUT2D eigenvalue weighted by Crippen LogP contribution is 2.35. The van der Waals surface area contributed by atoms with E-state index < -0.39 is 0 Å². The summed E-state index contributed by atoms with van der Waals surface area (Å²) >= 11 is 0. The fourth-order valence-corrected chi connectivity index (χ4v) is 3.48. The highest BCUT2D eigenvalue weighted by molar-refractivity contribution is 5.68. The van der Waals surface area contributed by atoms with Gasteiger partial charge in [-0.3, -0.25) is 0 Å². The largest absolute Gasteiger partial charge is 0.445 e. The summed E-state index contributed by atoms with van der Waals surface area (Å²) in [5, 5.41) is 0. The number of ether oxygens (including phenoxy) is 1. The molecule has 4 heteroatoms. The van der Waals surface area contributed by atoms with Crippen LogP contribution in [0.5, 0.6) is 0 Å². The predicted octanol–water partition coefficient (Wildman–Crippen LogP) is 2.38. The van der Waals surface area contributed by atoms with Gasteiger partial charge in [-0.15, -0.1) is 0 Å². The number of carbonyl (C=O) groups is 1. The van der Waals surface area contributed by atoms with Crippen molar-refractivity contribution < 1.29 is 9.53 Å². The zero-order valence-corrected chi connectivity index (χ0v) is 11.7. The quantitative estimate of drug-likeness (QED) is 0.901. The van der Waals surface area contributed by atoms with E-state index in [1.807, 2.05) is 35.2 Å². The lowest BCUT2D eigenvalue weighted by atomic mass is 9.78. The number of carbonyl (C=O) groups excluding carboxylic acids is 1. The first-order valence-electron chi connectivity index (χ1n) is 7.45. The molecule has 1 saturated carbocycles. The molecule has 1 amide bonds.